The fourth-order valence-corrected chi connectivity index (χ4v) is 3.13. The maximum Gasteiger partial charge on any atom is 0.153 e. The summed E-state index contributed by atoms with van der Waals surface area (Å²) in [7, 11) is 0. The van der Waals surface area contributed by atoms with Crippen molar-refractivity contribution < 1.29 is 4.84 Å². The summed E-state index contributed by atoms with van der Waals surface area (Å²) in [6.45, 7) is 15.5. The molecule has 2 rings (SSSR count). The average molecular weight is 335 g/mol. The van der Waals surface area contributed by atoms with E-state index in [1.165, 1.54) is 31.2 Å². The van der Waals surface area contributed by atoms with Crippen LogP contribution in [0.15, 0.2) is 24.3 Å². The summed E-state index contributed by atoms with van der Waals surface area (Å²) >= 11 is 0. The third-order valence-electron chi connectivity index (χ3n) is 4.77. The molecule has 0 aliphatic carbocycles. The third-order valence-corrected chi connectivity index (χ3v) is 4.77. The minimum absolute atomic E-state index is 0.196. The third kappa shape index (κ3) is 6.10. The second-order valence-electron chi connectivity index (χ2n) is 6.85. The van der Waals surface area contributed by atoms with E-state index in [0.29, 0.717) is 0 Å². The Balaban J connectivity index is 0.00000139. The average Bonchev–Trinajstić information content (AvgIpc) is 3.05. The van der Waals surface area contributed by atoms with E-state index in [9.17, 15) is 0 Å². The molecule has 1 N–H and O–H groups in total. The predicted octanol–water partition coefficient (Wildman–Crippen LogP) is 5.78. The zero-order valence-electron chi connectivity index (χ0n) is 16.6. The number of hydrogen-bond donors (Lipinski definition) is 1. The summed E-state index contributed by atoms with van der Waals surface area (Å²) in [5, 5.41) is 0. The number of para-hydroxylation sites is 1. The van der Waals surface area contributed by atoms with Gasteiger partial charge in [-0.2, -0.15) is 0 Å². The fraction of sp³-hybridized carbons (Fsp3) is 0.714. The predicted molar refractivity (Wildman–Crippen MR) is 104 cm³/mol. The van der Waals surface area contributed by atoms with E-state index >= 15 is 0 Å². The quantitative estimate of drug-likeness (QED) is 0.619. The Morgan fingerprint density at radius 3 is 2.42 bits per heavy atom. The van der Waals surface area contributed by atoms with Gasteiger partial charge in [0.2, 0.25) is 0 Å². The first-order valence-corrected chi connectivity index (χ1v) is 9.91. The van der Waals surface area contributed by atoms with Gasteiger partial charge in [-0.15, -0.1) is 5.48 Å². The molecule has 0 fully saturated rings. The highest BCUT2D eigenvalue weighted by Gasteiger charge is 2.29. The monoisotopic (exact) mass is 334 g/mol. The molecule has 2 unspecified atom stereocenters. The second kappa shape index (κ2) is 11.5. The molecule has 0 saturated heterocycles. The first-order chi connectivity index (χ1) is 11.7. The van der Waals surface area contributed by atoms with Gasteiger partial charge in [-0.05, 0) is 37.3 Å². The molecule has 1 aromatic rings. The molecule has 0 bridgehead atoms. The lowest BCUT2D eigenvalue weighted by Crippen LogP contribution is -2.39. The Morgan fingerprint density at radius 1 is 1.08 bits per heavy atom. The van der Waals surface area contributed by atoms with Crippen molar-refractivity contribution in [1.82, 2.24) is 10.4 Å². The summed E-state index contributed by atoms with van der Waals surface area (Å²) in [4.78, 5) is 8.18. The molecule has 0 aromatic heterocycles. The second-order valence-corrected chi connectivity index (χ2v) is 6.85. The van der Waals surface area contributed by atoms with Gasteiger partial charge in [-0.3, -0.25) is 4.90 Å². The van der Waals surface area contributed by atoms with Crippen LogP contribution in [0.2, 0.25) is 0 Å². The molecule has 0 spiro atoms. The standard InChI is InChI=1S/C19H32N2O.C2H6/c1-5-13-21(14-16(4)12-11-15(3)6-2)19-17-9-7-8-10-18(17)22-20-19;1-2/h7-10,15-16,19-20H,5-6,11-14H2,1-4H3;1-2H3/t15?,16-,19?;/m0./s1. The molecule has 3 nitrogen and oxygen atoms in total. The molecule has 1 aromatic carbocycles. The first-order valence-electron chi connectivity index (χ1n) is 9.91. The number of nitrogens with one attached hydrogen (secondary N) is 1. The first kappa shape index (κ1) is 21.0. The van der Waals surface area contributed by atoms with Gasteiger partial charge in [-0.25, -0.2) is 0 Å². The number of nitrogens with zero attached hydrogens (tertiary/aromatic N) is 1. The van der Waals surface area contributed by atoms with Crippen molar-refractivity contribution >= 4 is 0 Å². The zero-order valence-corrected chi connectivity index (χ0v) is 16.6. The van der Waals surface area contributed by atoms with Crippen molar-refractivity contribution in [2.45, 2.75) is 73.4 Å². The van der Waals surface area contributed by atoms with E-state index in [1.54, 1.807) is 0 Å². The molecule has 138 valence electrons. The normalized spacial score (nSPS) is 18.4. The molecule has 24 heavy (non-hydrogen) atoms. The molecule has 0 radical (unpaired) electrons. The number of benzene rings is 1. The zero-order chi connectivity index (χ0) is 17.9. The smallest absolute Gasteiger partial charge is 0.153 e. The van der Waals surface area contributed by atoms with Crippen LogP contribution in [0.3, 0.4) is 0 Å². The highest BCUT2D eigenvalue weighted by atomic mass is 16.7. The van der Waals surface area contributed by atoms with Crippen molar-refractivity contribution in [2.75, 3.05) is 13.1 Å². The Bertz CT molecular complexity index is 449. The summed E-state index contributed by atoms with van der Waals surface area (Å²) in [6, 6.07) is 8.34. The van der Waals surface area contributed by atoms with Crippen LogP contribution >= 0.6 is 0 Å². The van der Waals surface area contributed by atoms with Crippen LogP contribution in [-0.4, -0.2) is 18.0 Å². The Labute approximate surface area is 149 Å². The van der Waals surface area contributed by atoms with Crippen LogP contribution in [0.25, 0.3) is 0 Å². The highest BCUT2D eigenvalue weighted by Crippen LogP contribution is 2.33. The lowest BCUT2D eigenvalue weighted by molar-refractivity contribution is 0.0701. The van der Waals surface area contributed by atoms with Crippen molar-refractivity contribution in [3.63, 3.8) is 0 Å². The van der Waals surface area contributed by atoms with E-state index in [2.05, 4.69) is 50.2 Å². The molecule has 0 saturated carbocycles. The molecule has 1 aliphatic rings. The van der Waals surface area contributed by atoms with Gasteiger partial charge in [0.15, 0.2) is 5.75 Å². The molecular formula is C21H38N2O. The molecule has 3 atom stereocenters. The molecular weight excluding hydrogens is 296 g/mol. The van der Waals surface area contributed by atoms with Crippen LogP contribution in [0.4, 0.5) is 0 Å². The van der Waals surface area contributed by atoms with Crippen molar-refractivity contribution in [2.24, 2.45) is 11.8 Å². The van der Waals surface area contributed by atoms with E-state index in [1.807, 2.05) is 26.0 Å². The Morgan fingerprint density at radius 2 is 1.75 bits per heavy atom. The van der Waals surface area contributed by atoms with Crippen LogP contribution in [0.5, 0.6) is 5.75 Å². The SMILES string of the molecule is CC.CCCN(C[C@@H](C)CCC(C)CC)C1NOc2ccccc21. The van der Waals surface area contributed by atoms with Crippen LogP contribution in [0.1, 0.15) is 79.0 Å². The summed E-state index contributed by atoms with van der Waals surface area (Å²) in [5.41, 5.74) is 4.48. The van der Waals surface area contributed by atoms with Gasteiger partial charge in [-0.1, -0.05) is 72.6 Å². The topological polar surface area (TPSA) is 24.5 Å². The van der Waals surface area contributed by atoms with Crippen LogP contribution in [-0.2, 0) is 0 Å². The van der Waals surface area contributed by atoms with Crippen LogP contribution < -0.4 is 10.3 Å². The summed E-state index contributed by atoms with van der Waals surface area (Å²) in [5.74, 6) is 2.53. The summed E-state index contributed by atoms with van der Waals surface area (Å²) in [6.07, 6.45) is 5.30. The number of fused-ring (bicyclic) bond motifs is 1. The molecule has 1 aliphatic heterocycles. The molecule has 3 heteroatoms. The summed E-state index contributed by atoms with van der Waals surface area (Å²) < 4.78 is 0. The van der Waals surface area contributed by atoms with Crippen molar-refractivity contribution in [1.29, 1.82) is 0 Å². The van der Waals surface area contributed by atoms with Gasteiger partial charge in [0, 0.05) is 12.1 Å². The largest absolute Gasteiger partial charge is 0.406 e. The van der Waals surface area contributed by atoms with Crippen molar-refractivity contribution in [3.8, 4) is 5.75 Å². The van der Waals surface area contributed by atoms with Gasteiger partial charge < -0.3 is 4.84 Å². The Hall–Kier alpha value is -1.06. The van der Waals surface area contributed by atoms with Crippen LogP contribution in [0, 0.1) is 11.8 Å². The number of hydroxylamine groups is 1. The van der Waals surface area contributed by atoms with Gasteiger partial charge >= 0.3 is 0 Å². The maximum atomic E-state index is 5.64. The van der Waals surface area contributed by atoms with Gasteiger partial charge in [0.05, 0.1) is 0 Å². The van der Waals surface area contributed by atoms with Crippen molar-refractivity contribution in [3.05, 3.63) is 29.8 Å². The minimum Gasteiger partial charge on any atom is -0.406 e. The maximum absolute atomic E-state index is 5.64. The van der Waals surface area contributed by atoms with Gasteiger partial charge in [0.25, 0.3) is 0 Å². The molecule has 1 heterocycles. The van der Waals surface area contributed by atoms with E-state index < -0.39 is 0 Å². The highest BCUT2D eigenvalue weighted by molar-refractivity contribution is 5.37. The minimum atomic E-state index is 0.196. The molecule has 0 amide bonds. The van der Waals surface area contributed by atoms with Gasteiger partial charge in [0.1, 0.15) is 6.17 Å². The number of hydrogen-bond acceptors (Lipinski definition) is 3. The number of rotatable bonds is 9. The van der Waals surface area contributed by atoms with E-state index in [-0.39, 0.29) is 6.17 Å². The van der Waals surface area contributed by atoms with E-state index in [4.69, 9.17) is 4.84 Å². The lowest BCUT2D eigenvalue weighted by atomic mass is 9.95. The van der Waals surface area contributed by atoms with E-state index in [0.717, 1.165) is 30.7 Å². The Kier molecular flexibility index (Phi) is 10.0. The fourth-order valence-electron chi connectivity index (χ4n) is 3.13. The lowest BCUT2D eigenvalue weighted by Gasteiger charge is -2.30.